The third kappa shape index (κ3) is 5.21. The number of carboxylic acid groups (broad SMARTS) is 1. The zero-order valence-electron chi connectivity index (χ0n) is 14.9. The monoisotopic (exact) mass is 394 g/mol. The minimum atomic E-state index is -1.50. The van der Waals surface area contributed by atoms with Crippen LogP contribution in [0.4, 0.5) is 4.79 Å². The zero-order chi connectivity index (χ0) is 19.9. The second-order valence-corrected chi connectivity index (χ2v) is 7.62. The predicted molar refractivity (Wildman–Crippen MR) is 97.9 cm³/mol. The van der Waals surface area contributed by atoms with Gasteiger partial charge in [-0.3, -0.25) is 14.2 Å². The van der Waals surface area contributed by atoms with Crippen molar-refractivity contribution >= 4 is 22.8 Å². The van der Waals surface area contributed by atoms with Gasteiger partial charge in [-0.2, -0.15) is 0 Å². The lowest BCUT2D eigenvalue weighted by atomic mass is 9.79. The Balaban J connectivity index is 2.08. The van der Waals surface area contributed by atoms with Crippen LogP contribution in [-0.4, -0.2) is 56.9 Å². The topological polar surface area (TPSA) is 116 Å². The summed E-state index contributed by atoms with van der Waals surface area (Å²) in [5.41, 5.74) is 0.556. The van der Waals surface area contributed by atoms with E-state index in [-0.39, 0.29) is 38.3 Å². The van der Waals surface area contributed by atoms with E-state index in [9.17, 15) is 13.8 Å². The van der Waals surface area contributed by atoms with Crippen molar-refractivity contribution in [1.82, 2.24) is 10.4 Å². The fraction of sp³-hybridized carbons (Fsp3) is 0.444. The van der Waals surface area contributed by atoms with Crippen molar-refractivity contribution in [3.8, 4) is 17.6 Å². The molecule has 146 valence electrons. The average molecular weight is 394 g/mol. The Bertz CT molecular complexity index is 760. The fourth-order valence-electron chi connectivity index (χ4n) is 2.90. The van der Waals surface area contributed by atoms with Gasteiger partial charge in [0.05, 0.1) is 16.2 Å². The predicted octanol–water partition coefficient (Wildman–Crippen LogP) is 1.46. The van der Waals surface area contributed by atoms with Crippen LogP contribution in [0.25, 0.3) is 0 Å². The normalized spacial score (nSPS) is 16.6. The van der Waals surface area contributed by atoms with Gasteiger partial charge in [0.2, 0.25) is 0 Å². The number of benzene rings is 1. The molecule has 1 aliphatic heterocycles. The van der Waals surface area contributed by atoms with Crippen LogP contribution in [0.2, 0.25) is 0 Å². The van der Waals surface area contributed by atoms with Crippen molar-refractivity contribution in [2.75, 3.05) is 25.4 Å². The molecule has 0 bridgehead atoms. The van der Waals surface area contributed by atoms with E-state index >= 15 is 0 Å². The number of hydroxylamine groups is 1. The van der Waals surface area contributed by atoms with Gasteiger partial charge < -0.3 is 14.7 Å². The zero-order valence-corrected chi connectivity index (χ0v) is 15.8. The number of carbonyl (C=O) groups is 2. The van der Waals surface area contributed by atoms with Crippen molar-refractivity contribution in [2.24, 2.45) is 5.41 Å². The number of nitrogens with one attached hydrogen (secondary N) is 1. The Labute approximate surface area is 159 Å². The molecule has 0 radical (unpaired) electrons. The van der Waals surface area contributed by atoms with E-state index in [1.54, 1.807) is 36.7 Å². The molecule has 0 aliphatic carbocycles. The number of ether oxygens (including phenoxy) is 1. The molecule has 27 heavy (non-hydrogen) atoms. The molecule has 8 nitrogen and oxygen atoms in total. The highest BCUT2D eigenvalue weighted by atomic mass is 32.2. The highest BCUT2D eigenvalue weighted by Crippen LogP contribution is 2.34. The Morgan fingerprint density at radius 3 is 2.44 bits per heavy atom. The Hall–Kier alpha value is -2.57. The van der Waals surface area contributed by atoms with E-state index in [1.165, 1.54) is 4.90 Å². The van der Waals surface area contributed by atoms with Crippen LogP contribution in [0.3, 0.4) is 0 Å². The number of hydrogen-bond acceptors (Lipinski definition) is 5. The summed E-state index contributed by atoms with van der Waals surface area (Å²) in [5, 5.41) is 18.2. The molecule has 1 unspecified atom stereocenters. The summed E-state index contributed by atoms with van der Waals surface area (Å²) in [6.07, 6.45) is -0.680. The van der Waals surface area contributed by atoms with Crippen LogP contribution >= 0.6 is 0 Å². The molecule has 1 aromatic carbocycles. The van der Waals surface area contributed by atoms with Crippen molar-refractivity contribution in [1.29, 1.82) is 0 Å². The molecule has 0 spiro atoms. The maximum atomic E-state index is 12.8. The van der Waals surface area contributed by atoms with E-state index in [1.807, 2.05) is 0 Å². The number of likely N-dealkylation sites (tertiary alicyclic amines) is 1. The van der Waals surface area contributed by atoms with Gasteiger partial charge >= 0.3 is 6.09 Å². The standard InChI is InChI=1S/C18H22N2O6S/c1-2-3-12-26-14-4-6-15(7-5-14)27(25)13-18(16(21)19-24)8-10-20(11-9-18)17(22)23/h4-7,24H,8-13H2,1H3,(H,19,21)(H,22,23). The van der Waals surface area contributed by atoms with Crippen LogP contribution in [-0.2, 0) is 15.6 Å². The summed E-state index contributed by atoms with van der Waals surface area (Å²) in [4.78, 5) is 25.0. The van der Waals surface area contributed by atoms with E-state index in [0.717, 1.165) is 0 Å². The van der Waals surface area contributed by atoms with Gasteiger partial charge in [-0.05, 0) is 44.0 Å². The first-order valence-corrected chi connectivity index (χ1v) is 9.67. The summed E-state index contributed by atoms with van der Waals surface area (Å²) >= 11 is 0. The van der Waals surface area contributed by atoms with Crippen LogP contribution in [0.1, 0.15) is 19.8 Å². The maximum Gasteiger partial charge on any atom is 0.407 e. The van der Waals surface area contributed by atoms with Crippen molar-refractivity contribution in [3.05, 3.63) is 24.3 Å². The smallest absolute Gasteiger partial charge is 0.407 e. The molecule has 2 amide bonds. The van der Waals surface area contributed by atoms with Crippen molar-refractivity contribution < 1.29 is 28.8 Å². The Morgan fingerprint density at radius 2 is 1.93 bits per heavy atom. The van der Waals surface area contributed by atoms with Gasteiger partial charge in [0, 0.05) is 23.7 Å². The van der Waals surface area contributed by atoms with Gasteiger partial charge in [0.15, 0.2) is 0 Å². The summed E-state index contributed by atoms with van der Waals surface area (Å²) in [5.74, 6) is 5.45. The molecular weight excluding hydrogens is 372 g/mol. The van der Waals surface area contributed by atoms with E-state index in [2.05, 4.69) is 11.8 Å². The average Bonchev–Trinajstić information content (AvgIpc) is 2.68. The van der Waals surface area contributed by atoms with Gasteiger partial charge in [-0.25, -0.2) is 10.3 Å². The number of hydrogen-bond donors (Lipinski definition) is 3. The summed E-state index contributed by atoms with van der Waals surface area (Å²) < 4.78 is 18.2. The fourth-order valence-corrected chi connectivity index (χ4v) is 4.42. The first-order chi connectivity index (χ1) is 12.9. The lowest BCUT2D eigenvalue weighted by molar-refractivity contribution is -0.141. The molecule has 9 heteroatoms. The molecule has 1 heterocycles. The first-order valence-electron chi connectivity index (χ1n) is 8.35. The molecule has 1 saturated heterocycles. The Kier molecular flexibility index (Phi) is 7.21. The maximum absolute atomic E-state index is 12.8. The van der Waals surface area contributed by atoms with E-state index in [4.69, 9.17) is 15.1 Å². The van der Waals surface area contributed by atoms with Crippen LogP contribution in [0.15, 0.2) is 29.2 Å². The molecule has 3 N–H and O–H groups in total. The lowest BCUT2D eigenvalue weighted by Crippen LogP contribution is -2.51. The van der Waals surface area contributed by atoms with Crippen molar-refractivity contribution in [2.45, 2.75) is 24.7 Å². The minimum absolute atomic E-state index is 0.00559. The molecule has 2 rings (SSSR count). The highest BCUT2D eigenvalue weighted by Gasteiger charge is 2.43. The van der Waals surface area contributed by atoms with Crippen LogP contribution < -0.4 is 10.2 Å². The third-order valence-corrected chi connectivity index (χ3v) is 6.17. The number of rotatable bonds is 6. The SMILES string of the molecule is CC#CCOc1ccc(S(=O)CC2(C(=O)NO)CCN(C(=O)O)CC2)cc1. The second-order valence-electron chi connectivity index (χ2n) is 6.17. The largest absolute Gasteiger partial charge is 0.481 e. The summed E-state index contributed by atoms with van der Waals surface area (Å²) in [6.45, 7) is 2.27. The molecule has 1 aliphatic rings. The number of amides is 2. The third-order valence-electron chi connectivity index (χ3n) is 4.56. The number of piperidine rings is 1. The molecule has 1 aromatic rings. The van der Waals surface area contributed by atoms with Gasteiger partial charge in [-0.1, -0.05) is 5.92 Å². The van der Waals surface area contributed by atoms with E-state index in [0.29, 0.717) is 10.6 Å². The quantitative estimate of drug-likeness (QED) is 0.382. The van der Waals surface area contributed by atoms with Gasteiger partial charge in [-0.15, -0.1) is 5.92 Å². The highest BCUT2D eigenvalue weighted by molar-refractivity contribution is 7.85. The summed E-state index contributed by atoms with van der Waals surface area (Å²) in [7, 11) is -1.50. The van der Waals surface area contributed by atoms with Crippen LogP contribution in [0, 0.1) is 17.3 Å². The Morgan fingerprint density at radius 1 is 1.30 bits per heavy atom. The number of carbonyl (C=O) groups excluding carboxylic acids is 1. The van der Waals surface area contributed by atoms with E-state index < -0.39 is 28.2 Å². The van der Waals surface area contributed by atoms with Crippen molar-refractivity contribution in [3.63, 3.8) is 0 Å². The minimum Gasteiger partial charge on any atom is -0.481 e. The van der Waals surface area contributed by atoms with Gasteiger partial charge in [0.1, 0.15) is 12.4 Å². The molecule has 1 fully saturated rings. The second kappa shape index (κ2) is 9.39. The first kappa shape index (κ1) is 20.7. The molecule has 0 aromatic heterocycles. The summed E-state index contributed by atoms with van der Waals surface area (Å²) in [6, 6.07) is 6.66. The van der Waals surface area contributed by atoms with Crippen LogP contribution in [0.5, 0.6) is 5.75 Å². The number of nitrogens with zero attached hydrogens (tertiary/aromatic N) is 1. The molecule has 0 saturated carbocycles. The lowest BCUT2D eigenvalue weighted by Gasteiger charge is -2.38. The molecule has 1 atom stereocenters. The molecular formula is C18H22N2O6S. The van der Waals surface area contributed by atoms with Gasteiger partial charge in [0.25, 0.3) is 5.91 Å².